The van der Waals surface area contributed by atoms with Crippen LogP contribution >= 0.6 is 0 Å². The number of unbranched alkanes of at least 4 members (excludes halogenated alkanes) is 1. The van der Waals surface area contributed by atoms with Crippen molar-refractivity contribution < 1.29 is 23.4 Å². The number of carboxylic acid groups (broad SMARTS) is 1. The molecule has 2 aromatic heterocycles. The van der Waals surface area contributed by atoms with E-state index in [1.807, 2.05) is 6.07 Å². The maximum Gasteiger partial charge on any atom is 0.303 e. The molecule has 0 aromatic carbocycles. The molecule has 1 aliphatic rings. The van der Waals surface area contributed by atoms with Crippen molar-refractivity contribution >= 4 is 11.8 Å². The number of hydrogen-bond donors (Lipinski definition) is 2. The number of alkyl halides is 2. The molecular weight excluding hydrogens is 404 g/mol. The Kier molecular flexibility index (Phi) is 7.76. The third kappa shape index (κ3) is 6.87. The van der Waals surface area contributed by atoms with Crippen LogP contribution < -0.4 is 10.1 Å². The monoisotopic (exact) mass is 433 g/mol. The number of carboxylic acids is 1. The molecule has 0 bridgehead atoms. The number of fused-ring (bicyclic) bond motifs is 1. The van der Waals surface area contributed by atoms with Gasteiger partial charge in [-0.1, -0.05) is 6.07 Å². The molecule has 0 saturated heterocycles. The summed E-state index contributed by atoms with van der Waals surface area (Å²) in [5.41, 5.74) is 2.56. The Labute approximate surface area is 181 Å². The number of anilines is 1. The van der Waals surface area contributed by atoms with E-state index in [1.54, 1.807) is 6.07 Å². The molecule has 2 N–H and O–H groups in total. The second kappa shape index (κ2) is 10.5. The SMILES string of the molecule is COc1cncc([C@H](CC(=O)O)CC(F)(F)CCCCc2ccc3c(n2)NCCC3)c1. The van der Waals surface area contributed by atoms with Crippen molar-refractivity contribution in [1.82, 2.24) is 9.97 Å². The van der Waals surface area contributed by atoms with Gasteiger partial charge in [-0.05, 0) is 55.4 Å². The van der Waals surface area contributed by atoms with Crippen molar-refractivity contribution in [3.63, 3.8) is 0 Å². The second-order valence-corrected chi connectivity index (χ2v) is 8.06. The molecule has 3 heterocycles. The van der Waals surface area contributed by atoms with E-state index >= 15 is 0 Å². The van der Waals surface area contributed by atoms with Crippen LogP contribution in [0.25, 0.3) is 0 Å². The van der Waals surface area contributed by atoms with Gasteiger partial charge in [0.2, 0.25) is 5.92 Å². The zero-order valence-electron chi connectivity index (χ0n) is 17.7. The predicted molar refractivity (Wildman–Crippen MR) is 114 cm³/mol. The number of aryl methyl sites for hydroxylation is 2. The fraction of sp³-hybridized carbons (Fsp3) is 0.522. The minimum atomic E-state index is -2.96. The van der Waals surface area contributed by atoms with Crippen molar-refractivity contribution in [2.24, 2.45) is 0 Å². The average Bonchev–Trinajstić information content (AvgIpc) is 2.76. The van der Waals surface area contributed by atoms with Gasteiger partial charge in [0.05, 0.1) is 19.7 Å². The van der Waals surface area contributed by atoms with Gasteiger partial charge in [-0.15, -0.1) is 0 Å². The van der Waals surface area contributed by atoms with Gasteiger partial charge in [-0.3, -0.25) is 9.78 Å². The Morgan fingerprint density at radius 2 is 2.16 bits per heavy atom. The van der Waals surface area contributed by atoms with Crippen molar-refractivity contribution in [1.29, 1.82) is 0 Å². The first kappa shape index (κ1) is 22.9. The normalized spacial score (nSPS) is 14.4. The number of pyridine rings is 2. The van der Waals surface area contributed by atoms with Gasteiger partial charge in [-0.2, -0.15) is 0 Å². The summed E-state index contributed by atoms with van der Waals surface area (Å²) in [4.78, 5) is 19.8. The quantitative estimate of drug-likeness (QED) is 0.494. The molecule has 6 nitrogen and oxygen atoms in total. The van der Waals surface area contributed by atoms with Gasteiger partial charge in [0.15, 0.2) is 0 Å². The fourth-order valence-corrected chi connectivity index (χ4v) is 3.95. The first-order valence-corrected chi connectivity index (χ1v) is 10.7. The third-order valence-electron chi connectivity index (χ3n) is 5.58. The molecule has 1 aliphatic heterocycles. The number of aliphatic carboxylic acids is 1. The highest BCUT2D eigenvalue weighted by atomic mass is 19.3. The van der Waals surface area contributed by atoms with E-state index in [2.05, 4.69) is 21.4 Å². The van der Waals surface area contributed by atoms with E-state index in [-0.39, 0.29) is 12.8 Å². The van der Waals surface area contributed by atoms with Crippen LogP contribution in [0.2, 0.25) is 0 Å². The third-order valence-corrected chi connectivity index (χ3v) is 5.58. The molecule has 1 atom stereocenters. The molecule has 168 valence electrons. The summed E-state index contributed by atoms with van der Waals surface area (Å²) < 4.78 is 34.4. The molecule has 8 heteroatoms. The molecule has 0 radical (unpaired) electrons. The molecule has 0 saturated carbocycles. The summed E-state index contributed by atoms with van der Waals surface area (Å²) in [5.74, 6) is -3.58. The number of aromatic nitrogens is 2. The lowest BCUT2D eigenvalue weighted by Crippen LogP contribution is -2.22. The molecule has 0 fully saturated rings. The summed E-state index contributed by atoms with van der Waals surface area (Å²) in [6, 6.07) is 5.62. The van der Waals surface area contributed by atoms with E-state index < -0.39 is 24.2 Å². The minimum absolute atomic E-state index is 0.288. The van der Waals surface area contributed by atoms with Crippen LogP contribution in [0.5, 0.6) is 5.75 Å². The summed E-state index contributed by atoms with van der Waals surface area (Å²) in [5, 5.41) is 12.5. The Bertz CT molecular complexity index is 892. The fourth-order valence-electron chi connectivity index (χ4n) is 3.95. The highest BCUT2D eigenvalue weighted by Crippen LogP contribution is 2.36. The van der Waals surface area contributed by atoms with Crippen molar-refractivity contribution in [3.05, 3.63) is 47.4 Å². The van der Waals surface area contributed by atoms with E-state index in [4.69, 9.17) is 4.74 Å². The number of carbonyl (C=O) groups is 1. The molecule has 0 amide bonds. The van der Waals surface area contributed by atoms with Crippen LogP contribution in [-0.2, 0) is 17.6 Å². The summed E-state index contributed by atoms with van der Waals surface area (Å²) >= 11 is 0. The van der Waals surface area contributed by atoms with Crippen LogP contribution in [0.3, 0.4) is 0 Å². The average molecular weight is 433 g/mol. The Morgan fingerprint density at radius 1 is 1.32 bits per heavy atom. The van der Waals surface area contributed by atoms with Crippen LogP contribution in [0, 0.1) is 0 Å². The standard InChI is InChI=1S/C23H29F2N3O3/c1-31-20-11-18(14-26-15-20)17(12-21(29)30)13-23(24,25)9-3-2-6-19-8-7-16-5-4-10-27-22(16)28-19/h7-8,11,14-15,17H,2-6,9-10,12-13H2,1H3,(H,27,28)(H,29,30)/t17-/m1/s1. The molecule has 31 heavy (non-hydrogen) atoms. The zero-order chi connectivity index (χ0) is 22.3. The van der Waals surface area contributed by atoms with Crippen molar-refractivity contribution in [3.8, 4) is 5.75 Å². The van der Waals surface area contributed by atoms with E-state index in [0.717, 1.165) is 30.9 Å². The number of nitrogens with zero attached hydrogens (tertiary/aromatic N) is 2. The van der Waals surface area contributed by atoms with Crippen LogP contribution in [0.4, 0.5) is 14.6 Å². The smallest absolute Gasteiger partial charge is 0.303 e. The lowest BCUT2D eigenvalue weighted by molar-refractivity contribution is -0.138. The molecule has 2 aromatic rings. The number of hydrogen-bond acceptors (Lipinski definition) is 5. The van der Waals surface area contributed by atoms with Crippen LogP contribution in [-0.4, -0.2) is 40.6 Å². The molecule has 0 spiro atoms. The largest absolute Gasteiger partial charge is 0.495 e. The topological polar surface area (TPSA) is 84.3 Å². The molecule has 0 unspecified atom stereocenters. The highest BCUT2D eigenvalue weighted by Gasteiger charge is 2.34. The van der Waals surface area contributed by atoms with Crippen LogP contribution in [0.15, 0.2) is 30.6 Å². The van der Waals surface area contributed by atoms with E-state index in [0.29, 0.717) is 30.6 Å². The summed E-state index contributed by atoms with van der Waals surface area (Å²) in [6.07, 6.45) is 5.39. The lowest BCUT2D eigenvalue weighted by Gasteiger charge is -2.23. The van der Waals surface area contributed by atoms with Gasteiger partial charge in [-0.25, -0.2) is 13.8 Å². The van der Waals surface area contributed by atoms with Gasteiger partial charge >= 0.3 is 5.97 Å². The van der Waals surface area contributed by atoms with Gasteiger partial charge in [0, 0.05) is 37.2 Å². The lowest BCUT2D eigenvalue weighted by atomic mass is 9.89. The second-order valence-electron chi connectivity index (χ2n) is 8.06. The van der Waals surface area contributed by atoms with Crippen molar-refractivity contribution in [2.45, 2.75) is 63.2 Å². The van der Waals surface area contributed by atoms with E-state index in [9.17, 15) is 18.7 Å². The number of halogens is 2. The molecule has 3 rings (SSSR count). The van der Waals surface area contributed by atoms with E-state index in [1.165, 1.54) is 25.1 Å². The number of nitrogens with one attached hydrogen (secondary N) is 1. The summed E-state index contributed by atoms with van der Waals surface area (Å²) in [6.45, 7) is 0.913. The van der Waals surface area contributed by atoms with Gasteiger partial charge < -0.3 is 15.2 Å². The zero-order valence-corrected chi connectivity index (χ0v) is 17.7. The number of rotatable bonds is 11. The number of ether oxygens (including phenoxy) is 1. The first-order chi connectivity index (χ1) is 14.9. The van der Waals surface area contributed by atoms with Gasteiger partial charge in [0.1, 0.15) is 11.6 Å². The number of methoxy groups -OCH3 is 1. The maximum atomic E-state index is 14.7. The summed E-state index contributed by atoms with van der Waals surface area (Å²) in [7, 11) is 1.45. The molecule has 0 aliphatic carbocycles. The highest BCUT2D eigenvalue weighted by molar-refractivity contribution is 5.68. The maximum absolute atomic E-state index is 14.7. The first-order valence-electron chi connectivity index (χ1n) is 10.7. The van der Waals surface area contributed by atoms with Gasteiger partial charge in [0.25, 0.3) is 0 Å². The Balaban J connectivity index is 1.54. The Hall–Kier alpha value is -2.77. The Morgan fingerprint density at radius 3 is 2.94 bits per heavy atom. The molecular formula is C23H29F2N3O3. The van der Waals surface area contributed by atoms with Crippen LogP contribution in [0.1, 0.15) is 61.3 Å². The van der Waals surface area contributed by atoms with Crippen molar-refractivity contribution in [2.75, 3.05) is 19.0 Å². The predicted octanol–water partition coefficient (Wildman–Crippen LogP) is 4.84. The minimum Gasteiger partial charge on any atom is -0.495 e.